The number of carbonyl (C=O) groups excluding carboxylic acids is 1. The Morgan fingerprint density at radius 2 is 1.62 bits per heavy atom. The van der Waals surface area contributed by atoms with Crippen molar-refractivity contribution in [3.8, 4) is 0 Å². The summed E-state index contributed by atoms with van der Waals surface area (Å²) in [6.07, 6.45) is 1.23. The highest BCUT2D eigenvalue weighted by molar-refractivity contribution is 8.00. The van der Waals surface area contributed by atoms with Gasteiger partial charge >= 0.3 is 0 Å². The summed E-state index contributed by atoms with van der Waals surface area (Å²) >= 11 is 1.70. The summed E-state index contributed by atoms with van der Waals surface area (Å²) in [5.41, 5.74) is 2.80. The lowest BCUT2D eigenvalue weighted by atomic mass is 9.65. The molecule has 3 aromatic carbocycles. The van der Waals surface area contributed by atoms with E-state index < -0.39 is 21.6 Å². The third kappa shape index (κ3) is 4.97. The first-order valence-corrected chi connectivity index (χ1v) is 15.3. The van der Waals surface area contributed by atoms with Crippen LogP contribution in [0.2, 0.25) is 0 Å². The van der Waals surface area contributed by atoms with E-state index in [1.165, 1.54) is 0 Å². The molecular formula is C30H33NO4S2. The van der Waals surface area contributed by atoms with Gasteiger partial charge in [0.2, 0.25) is 5.91 Å². The second-order valence-corrected chi connectivity index (χ2v) is 12.9. The first-order chi connectivity index (χ1) is 17.8. The average Bonchev–Trinajstić information content (AvgIpc) is 3.13. The Morgan fingerprint density at radius 3 is 2.27 bits per heavy atom. The first kappa shape index (κ1) is 26.0. The molecule has 3 aromatic rings. The lowest BCUT2D eigenvalue weighted by Gasteiger charge is -2.46. The molecule has 1 heterocycles. The van der Waals surface area contributed by atoms with Gasteiger partial charge in [-0.15, -0.1) is 11.8 Å². The van der Waals surface area contributed by atoms with Crippen molar-refractivity contribution in [1.82, 2.24) is 4.90 Å². The summed E-state index contributed by atoms with van der Waals surface area (Å²) < 4.78 is 32.2. The van der Waals surface area contributed by atoms with Crippen LogP contribution in [-0.4, -0.2) is 42.4 Å². The number of benzene rings is 3. The van der Waals surface area contributed by atoms with E-state index in [4.69, 9.17) is 4.18 Å². The molecular weight excluding hydrogens is 502 g/mol. The predicted octanol–water partition coefficient (Wildman–Crippen LogP) is 5.72. The van der Waals surface area contributed by atoms with Gasteiger partial charge in [-0.1, -0.05) is 85.3 Å². The third-order valence-electron chi connectivity index (χ3n) is 7.72. The van der Waals surface area contributed by atoms with Crippen LogP contribution in [0.1, 0.15) is 42.9 Å². The second-order valence-electron chi connectivity index (χ2n) is 9.97. The van der Waals surface area contributed by atoms with E-state index in [1.54, 1.807) is 36.0 Å². The van der Waals surface area contributed by atoms with Gasteiger partial charge in [0, 0.05) is 18.0 Å². The number of nitrogens with zero attached hydrogens (tertiary/aromatic N) is 1. The number of hydrogen-bond acceptors (Lipinski definition) is 5. The average molecular weight is 536 g/mol. The van der Waals surface area contributed by atoms with E-state index in [2.05, 4.69) is 19.1 Å². The molecule has 5 rings (SSSR count). The maximum atomic E-state index is 14.0. The zero-order valence-electron chi connectivity index (χ0n) is 21.2. The number of amides is 1. The maximum absolute atomic E-state index is 14.0. The summed E-state index contributed by atoms with van der Waals surface area (Å²) in [6.45, 7) is 4.51. The van der Waals surface area contributed by atoms with Gasteiger partial charge in [0.15, 0.2) is 0 Å². The van der Waals surface area contributed by atoms with E-state index in [1.807, 2.05) is 60.4 Å². The van der Waals surface area contributed by atoms with Crippen molar-refractivity contribution in [2.45, 2.75) is 67.4 Å². The third-order valence-corrected chi connectivity index (χ3v) is 10.4. The molecule has 2 fully saturated rings. The Balaban J connectivity index is 1.51. The van der Waals surface area contributed by atoms with Crippen molar-refractivity contribution >= 4 is 27.8 Å². The van der Waals surface area contributed by atoms with Crippen LogP contribution >= 0.6 is 11.8 Å². The largest absolute Gasteiger partial charge is 0.333 e. The lowest BCUT2D eigenvalue weighted by molar-refractivity contribution is -0.129. The molecule has 5 nitrogen and oxygen atoms in total. The van der Waals surface area contributed by atoms with Crippen molar-refractivity contribution in [3.63, 3.8) is 0 Å². The second kappa shape index (κ2) is 10.6. The summed E-state index contributed by atoms with van der Waals surface area (Å²) in [7, 11) is -3.91. The van der Waals surface area contributed by atoms with E-state index in [0.29, 0.717) is 25.8 Å². The molecule has 2 aliphatic rings. The van der Waals surface area contributed by atoms with Gasteiger partial charge in [0.25, 0.3) is 10.1 Å². The minimum atomic E-state index is -3.91. The van der Waals surface area contributed by atoms with Crippen molar-refractivity contribution < 1.29 is 17.4 Å². The number of hydrogen-bond donors (Lipinski definition) is 0. The van der Waals surface area contributed by atoms with Crippen LogP contribution in [-0.2, 0) is 31.1 Å². The van der Waals surface area contributed by atoms with Crippen LogP contribution in [0.15, 0.2) is 89.8 Å². The van der Waals surface area contributed by atoms with Crippen molar-refractivity contribution in [2.24, 2.45) is 0 Å². The summed E-state index contributed by atoms with van der Waals surface area (Å²) in [5, 5.41) is -0.219. The molecule has 0 N–H and O–H groups in total. The highest BCUT2D eigenvalue weighted by Crippen LogP contribution is 2.54. The minimum Gasteiger partial charge on any atom is -0.333 e. The molecule has 0 unspecified atom stereocenters. The first-order valence-electron chi connectivity index (χ1n) is 12.9. The SMILES string of the molecule is CCS[C@@H]1C(=O)N(Cc2ccccc2)[C@@H]2C[C@@H](OS(=O)(=O)c3ccc(C)cc3)CC[C@]12c1ccccc1. The molecule has 37 heavy (non-hydrogen) atoms. The molecule has 1 amide bonds. The van der Waals surface area contributed by atoms with E-state index in [-0.39, 0.29) is 22.1 Å². The molecule has 0 radical (unpaired) electrons. The molecule has 7 heteroatoms. The zero-order valence-corrected chi connectivity index (χ0v) is 22.9. The van der Waals surface area contributed by atoms with Crippen LogP contribution in [0.3, 0.4) is 0 Å². The number of carbonyl (C=O) groups is 1. The van der Waals surface area contributed by atoms with Gasteiger partial charge < -0.3 is 4.90 Å². The van der Waals surface area contributed by atoms with Gasteiger partial charge in [-0.3, -0.25) is 8.98 Å². The molecule has 0 spiro atoms. The van der Waals surface area contributed by atoms with Crippen LogP contribution < -0.4 is 0 Å². The fourth-order valence-electron chi connectivity index (χ4n) is 6.00. The summed E-state index contributed by atoms with van der Waals surface area (Å²) in [4.78, 5) is 16.2. The Kier molecular flexibility index (Phi) is 7.48. The Morgan fingerprint density at radius 1 is 0.973 bits per heavy atom. The topological polar surface area (TPSA) is 63.7 Å². The van der Waals surface area contributed by atoms with Crippen LogP contribution in [0, 0.1) is 6.92 Å². The number of likely N-dealkylation sites (tertiary alicyclic amines) is 1. The van der Waals surface area contributed by atoms with Crippen molar-refractivity contribution in [2.75, 3.05) is 5.75 Å². The predicted molar refractivity (Wildman–Crippen MR) is 148 cm³/mol. The normalized spacial score (nSPS) is 25.7. The van der Waals surface area contributed by atoms with Gasteiger partial charge in [0.1, 0.15) is 0 Å². The highest BCUT2D eigenvalue weighted by Gasteiger charge is 2.61. The number of rotatable bonds is 8. The molecule has 1 aliphatic carbocycles. The Bertz CT molecular complexity index is 1330. The van der Waals surface area contributed by atoms with Gasteiger partial charge in [-0.25, -0.2) is 0 Å². The van der Waals surface area contributed by atoms with Gasteiger partial charge in [0.05, 0.1) is 16.2 Å². The van der Waals surface area contributed by atoms with E-state index >= 15 is 0 Å². The monoisotopic (exact) mass is 535 g/mol. The fourth-order valence-corrected chi connectivity index (χ4v) is 8.43. The quantitative estimate of drug-likeness (QED) is 0.345. The smallest absolute Gasteiger partial charge is 0.297 e. The summed E-state index contributed by atoms with van der Waals surface area (Å²) in [5.74, 6) is 0.963. The molecule has 1 saturated carbocycles. The maximum Gasteiger partial charge on any atom is 0.297 e. The zero-order chi connectivity index (χ0) is 26.0. The van der Waals surface area contributed by atoms with Crippen LogP contribution in [0.5, 0.6) is 0 Å². The molecule has 194 valence electrons. The van der Waals surface area contributed by atoms with E-state index in [9.17, 15) is 13.2 Å². The number of thioether (sulfide) groups is 1. The van der Waals surface area contributed by atoms with Crippen LogP contribution in [0.4, 0.5) is 0 Å². The molecule has 4 atom stereocenters. The fraction of sp³-hybridized carbons (Fsp3) is 0.367. The van der Waals surface area contributed by atoms with Crippen molar-refractivity contribution in [3.05, 3.63) is 102 Å². The van der Waals surface area contributed by atoms with Gasteiger partial charge in [-0.05, 0) is 55.2 Å². The molecule has 1 saturated heterocycles. The Hall–Kier alpha value is -2.61. The standard InChI is InChI=1S/C30H33NO4S2/c1-3-36-28-29(32)31(21-23-10-6-4-7-11-23)27-20-25(18-19-30(27,28)24-12-8-5-9-13-24)35-37(33,34)26-16-14-22(2)15-17-26/h4-17,25,27-28H,3,18-21H2,1-2H3/t25-,27+,28+,30+/m0/s1. The highest BCUT2D eigenvalue weighted by atomic mass is 32.2. The molecule has 0 aromatic heterocycles. The van der Waals surface area contributed by atoms with Crippen LogP contribution in [0.25, 0.3) is 0 Å². The minimum absolute atomic E-state index is 0.131. The summed E-state index contributed by atoms with van der Waals surface area (Å²) in [6, 6.07) is 26.9. The number of aryl methyl sites for hydroxylation is 1. The number of fused-ring (bicyclic) bond motifs is 1. The van der Waals surface area contributed by atoms with Gasteiger partial charge in [-0.2, -0.15) is 8.42 Å². The lowest BCUT2D eigenvalue weighted by Crippen LogP contribution is -2.51. The van der Waals surface area contributed by atoms with Crippen molar-refractivity contribution in [1.29, 1.82) is 0 Å². The van der Waals surface area contributed by atoms with E-state index in [0.717, 1.165) is 22.4 Å². The molecule has 0 bridgehead atoms. The molecule has 1 aliphatic heterocycles. The Labute approximate surface area is 224 Å².